The van der Waals surface area contributed by atoms with Gasteiger partial charge in [0.15, 0.2) is 5.16 Å². The van der Waals surface area contributed by atoms with Crippen LogP contribution in [0.1, 0.15) is 75.2 Å². The van der Waals surface area contributed by atoms with Gasteiger partial charge in [0, 0.05) is 36.2 Å². The third-order valence-corrected chi connectivity index (χ3v) is 7.88. The van der Waals surface area contributed by atoms with Crippen molar-refractivity contribution < 1.29 is 23.6 Å². The van der Waals surface area contributed by atoms with Gasteiger partial charge in [-0.05, 0) is 67.2 Å². The van der Waals surface area contributed by atoms with Crippen molar-refractivity contribution in [2.75, 3.05) is 13.1 Å². The molecule has 36 heavy (non-hydrogen) atoms. The fourth-order valence-corrected chi connectivity index (χ4v) is 5.08. The smallest absolute Gasteiger partial charge is 0.444 e. The first-order valence-electron chi connectivity index (χ1n) is 12.7. The van der Waals surface area contributed by atoms with Gasteiger partial charge in [-0.25, -0.2) is 14.8 Å². The molecule has 3 heterocycles. The maximum absolute atomic E-state index is 13.3. The molecular weight excluding hydrogens is 479 g/mol. The SMILES string of the molecule is CC(C)[C@H](NC(=O)OC(C)(C)C)C(=O)N1CCC[C@@H](Sc2ncc(B3OC(C)(C)C(C)(C)O3)cn2)C1. The predicted molar refractivity (Wildman–Crippen MR) is 141 cm³/mol. The second kappa shape index (κ2) is 10.9. The fourth-order valence-electron chi connectivity index (χ4n) is 4.02. The van der Waals surface area contributed by atoms with E-state index in [1.165, 1.54) is 0 Å². The van der Waals surface area contributed by atoms with Crippen LogP contribution in [0, 0.1) is 5.92 Å². The van der Waals surface area contributed by atoms with Crippen LogP contribution in [0.15, 0.2) is 17.6 Å². The van der Waals surface area contributed by atoms with E-state index >= 15 is 0 Å². The number of amides is 2. The number of thioether (sulfide) groups is 1. The molecule has 0 saturated carbocycles. The van der Waals surface area contributed by atoms with Gasteiger partial charge in [0.2, 0.25) is 5.91 Å². The molecule has 200 valence electrons. The molecule has 11 heteroatoms. The number of aromatic nitrogens is 2. The molecule has 0 aliphatic carbocycles. The molecule has 2 aliphatic rings. The summed E-state index contributed by atoms with van der Waals surface area (Å²) in [4.78, 5) is 36.5. The summed E-state index contributed by atoms with van der Waals surface area (Å²) in [6.07, 6.45) is 4.77. The van der Waals surface area contributed by atoms with Crippen molar-refractivity contribution in [2.24, 2.45) is 5.92 Å². The van der Waals surface area contributed by atoms with Gasteiger partial charge in [-0.3, -0.25) is 4.79 Å². The van der Waals surface area contributed by atoms with Crippen LogP contribution in [0.4, 0.5) is 4.79 Å². The molecule has 0 unspecified atom stereocenters. The molecule has 9 nitrogen and oxygen atoms in total. The van der Waals surface area contributed by atoms with Crippen LogP contribution in [-0.2, 0) is 18.8 Å². The Morgan fingerprint density at radius 3 is 2.28 bits per heavy atom. The van der Waals surface area contributed by atoms with Crippen molar-refractivity contribution in [3.63, 3.8) is 0 Å². The van der Waals surface area contributed by atoms with E-state index in [2.05, 4.69) is 15.3 Å². The van der Waals surface area contributed by atoms with Crippen molar-refractivity contribution in [3.05, 3.63) is 12.4 Å². The zero-order chi connectivity index (χ0) is 26.9. The van der Waals surface area contributed by atoms with E-state index in [0.717, 1.165) is 18.3 Å². The zero-order valence-corrected chi connectivity index (χ0v) is 23.9. The molecule has 0 spiro atoms. The van der Waals surface area contributed by atoms with Gasteiger partial charge in [-0.15, -0.1) is 0 Å². The first-order chi connectivity index (χ1) is 16.6. The average Bonchev–Trinajstić information content (AvgIpc) is 2.98. The van der Waals surface area contributed by atoms with Gasteiger partial charge in [0.05, 0.1) is 11.2 Å². The first kappa shape index (κ1) is 28.7. The minimum atomic E-state index is -0.640. The number of piperidine rings is 1. The number of rotatable bonds is 6. The molecule has 0 radical (unpaired) electrons. The molecule has 3 rings (SSSR count). The summed E-state index contributed by atoms with van der Waals surface area (Å²) in [7, 11) is -0.498. The van der Waals surface area contributed by atoms with E-state index in [4.69, 9.17) is 14.0 Å². The maximum Gasteiger partial charge on any atom is 0.498 e. The number of hydrogen-bond donors (Lipinski definition) is 1. The second-order valence-corrected chi connectivity index (χ2v) is 13.2. The lowest BCUT2D eigenvalue weighted by Gasteiger charge is -2.35. The van der Waals surface area contributed by atoms with Crippen LogP contribution in [0.3, 0.4) is 0 Å². The number of likely N-dealkylation sites (tertiary alicyclic amines) is 1. The Hall–Kier alpha value is -1.85. The summed E-state index contributed by atoms with van der Waals surface area (Å²) in [5, 5.41) is 3.59. The van der Waals surface area contributed by atoms with Crippen molar-refractivity contribution in [1.82, 2.24) is 20.2 Å². The van der Waals surface area contributed by atoms with Gasteiger partial charge in [0.1, 0.15) is 11.6 Å². The van der Waals surface area contributed by atoms with Gasteiger partial charge in [0.25, 0.3) is 0 Å². The third-order valence-electron chi connectivity index (χ3n) is 6.74. The highest BCUT2D eigenvalue weighted by Crippen LogP contribution is 2.36. The largest absolute Gasteiger partial charge is 0.498 e. The van der Waals surface area contributed by atoms with Crippen LogP contribution in [0.25, 0.3) is 0 Å². The monoisotopic (exact) mass is 520 g/mol. The molecular formula is C25H41BN4O5S. The van der Waals surface area contributed by atoms with Gasteiger partial charge < -0.3 is 24.3 Å². The number of ether oxygens (including phenoxy) is 1. The maximum atomic E-state index is 13.3. The van der Waals surface area contributed by atoms with Crippen LogP contribution < -0.4 is 10.8 Å². The van der Waals surface area contributed by atoms with Crippen LogP contribution in [-0.4, -0.2) is 75.2 Å². The Bertz CT molecular complexity index is 919. The van der Waals surface area contributed by atoms with Gasteiger partial charge >= 0.3 is 13.2 Å². The van der Waals surface area contributed by atoms with Crippen LogP contribution >= 0.6 is 11.8 Å². The summed E-state index contributed by atoms with van der Waals surface area (Å²) in [5.41, 5.74) is -0.684. The third kappa shape index (κ3) is 7.13. The lowest BCUT2D eigenvalue weighted by Crippen LogP contribution is -2.54. The van der Waals surface area contributed by atoms with E-state index in [1.54, 1.807) is 44.9 Å². The topological polar surface area (TPSA) is 103 Å². The molecule has 0 bridgehead atoms. The Balaban J connectivity index is 1.59. The van der Waals surface area contributed by atoms with Crippen molar-refractivity contribution >= 4 is 36.3 Å². The number of nitrogens with zero attached hydrogens (tertiary/aromatic N) is 3. The molecule has 2 atom stereocenters. The minimum absolute atomic E-state index is 0.0658. The highest BCUT2D eigenvalue weighted by atomic mass is 32.2. The molecule has 0 aromatic carbocycles. The number of carbonyl (C=O) groups excluding carboxylic acids is 2. The number of carbonyl (C=O) groups is 2. The summed E-state index contributed by atoms with van der Waals surface area (Å²) >= 11 is 1.57. The fraction of sp³-hybridized carbons (Fsp3) is 0.760. The Labute approximate surface area is 220 Å². The Morgan fingerprint density at radius 2 is 1.75 bits per heavy atom. The molecule has 1 N–H and O–H groups in total. The van der Waals surface area contributed by atoms with E-state index in [-0.39, 0.29) is 17.1 Å². The summed E-state index contributed by atoms with van der Waals surface area (Å²) in [5.74, 6) is -0.151. The molecule has 2 amide bonds. The highest BCUT2D eigenvalue weighted by Gasteiger charge is 2.52. The standard InChI is InChI=1S/C25H41BN4O5S/c1-16(2)19(29-22(32)33-23(3,4)5)20(31)30-12-10-11-18(15-30)36-21-27-13-17(14-28-21)26-34-24(6,7)25(8,9)35-26/h13-14,16,18-19H,10-12,15H2,1-9H3,(H,29,32)/t18-,19+/m1/s1. The highest BCUT2D eigenvalue weighted by molar-refractivity contribution is 7.99. The molecule has 2 fully saturated rings. The predicted octanol–water partition coefficient (Wildman–Crippen LogP) is 3.41. The Kier molecular flexibility index (Phi) is 8.67. The van der Waals surface area contributed by atoms with E-state index < -0.39 is 36.1 Å². The van der Waals surface area contributed by atoms with Crippen LogP contribution in [0.2, 0.25) is 0 Å². The Morgan fingerprint density at radius 1 is 1.17 bits per heavy atom. The van der Waals surface area contributed by atoms with Crippen LogP contribution in [0.5, 0.6) is 0 Å². The second-order valence-electron chi connectivity index (χ2n) is 11.9. The van der Waals surface area contributed by atoms with E-state index in [0.29, 0.717) is 18.2 Å². The average molecular weight is 521 g/mol. The summed E-state index contributed by atoms with van der Waals surface area (Å²) < 4.78 is 17.5. The molecule has 2 aliphatic heterocycles. The normalized spacial score (nSPS) is 22.4. The number of alkyl carbamates (subject to hydrolysis) is 1. The summed E-state index contributed by atoms with van der Waals surface area (Å²) in [6, 6.07) is -0.640. The molecule has 1 aromatic rings. The lowest BCUT2D eigenvalue weighted by atomic mass is 9.81. The van der Waals surface area contributed by atoms with Gasteiger partial charge in [-0.2, -0.15) is 0 Å². The summed E-state index contributed by atoms with van der Waals surface area (Å²) in [6.45, 7) is 18.5. The molecule has 2 saturated heterocycles. The van der Waals surface area contributed by atoms with Gasteiger partial charge in [-0.1, -0.05) is 25.6 Å². The zero-order valence-electron chi connectivity index (χ0n) is 23.1. The minimum Gasteiger partial charge on any atom is -0.444 e. The van der Waals surface area contributed by atoms with E-state index in [1.807, 2.05) is 46.4 Å². The molecule has 1 aromatic heterocycles. The van der Waals surface area contributed by atoms with Crippen molar-refractivity contribution in [1.29, 1.82) is 0 Å². The first-order valence-corrected chi connectivity index (χ1v) is 13.6. The number of hydrogen-bond acceptors (Lipinski definition) is 8. The van der Waals surface area contributed by atoms with Crippen molar-refractivity contribution in [2.45, 2.75) is 108 Å². The quantitative estimate of drug-likeness (QED) is 0.450. The number of nitrogens with one attached hydrogen (secondary N) is 1. The lowest BCUT2D eigenvalue weighted by molar-refractivity contribution is -0.135. The van der Waals surface area contributed by atoms with E-state index in [9.17, 15) is 9.59 Å². The van der Waals surface area contributed by atoms with Crippen molar-refractivity contribution in [3.8, 4) is 0 Å².